The molecule has 17 heavy (non-hydrogen) atoms. The van der Waals surface area contributed by atoms with Gasteiger partial charge in [0.15, 0.2) is 0 Å². The third-order valence-electron chi connectivity index (χ3n) is 4.40. The second-order valence-corrected chi connectivity index (χ2v) is 5.61. The van der Waals surface area contributed by atoms with E-state index < -0.39 is 0 Å². The number of hydrogen-bond donors (Lipinski definition) is 2. The van der Waals surface area contributed by atoms with E-state index >= 15 is 0 Å². The molecule has 0 saturated heterocycles. The van der Waals surface area contributed by atoms with Gasteiger partial charge in [-0.25, -0.2) is 0 Å². The summed E-state index contributed by atoms with van der Waals surface area (Å²) in [5.74, 6) is 2.65. The molecule has 1 amide bonds. The summed E-state index contributed by atoms with van der Waals surface area (Å²) in [5, 5.41) is 6.16. The lowest BCUT2D eigenvalue weighted by Gasteiger charge is -2.28. The van der Waals surface area contributed by atoms with E-state index in [-0.39, 0.29) is 5.91 Å². The van der Waals surface area contributed by atoms with E-state index in [1.54, 1.807) is 6.08 Å². The highest BCUT2D eigenvalue weighted by molar-refractivity contribution is 5.78. The van der Waals surface area contributed by atoms with E-state index in [1.807, 2.05) is 0 Å². The molecule has 2 saturated carbocycles. The van der Waals surface area contributed by atoms with Crippen molar-refractivity contribution in [3.05, 3.63) is 12.7 Å². The molecule has 2 rings (SSSR count). The molecule has 0 aliphatic heterocycles. The average Bonchev–Trinajstić information content (AvgIpc) is 2.91. The average molecular weight is 236 g/mol. The van der Waals surface area contributed by atoms with E-state index in [2.05, 4.69) is 24.1 Å². The Kier molecular flexibility index (Phi) is 4.21. The fraction of sp³-hybridized carbons (Fsp3) is 0.786. The minimum absolute atomic E-state index is 0.113. The Balaban J connectivity index is 1.71. The molecule has 96 valence electrons. The summed E-state index contributed by atoms with van der Waals surface area (Å²) >= 11 is 0. The lowest BCUT2D eigenvalue weighted by atomic mass is 9.84. The number of nitrogens with one attached hydrogen (secondary N) is 2. The quantitative estimate of drug-likeness (QED) is 0.544. The molecule has 2 fully saturated rings. The summed E-state index contributed by atoms with van der Waals surface area (Å²) in [7, 11) is 0. The van der Waals surface area contributed by atoms with Crippen LogP contribution in [0.1, 0.15) is 32.6 Å². The minimum atomic E-state index is 0.113. The minimum Gasteiger partial charge on any atom is -0.352 e. The van der Waals surface area contributed by atoms with Crippen LogP contribution in [-0.2, 0) is 4.79 Å². The van der Waals surface area contributed by atoms with Gasteiger partial charge in [-0.1, -0.05) is 12.5 Å². The summed E-state index contributed by atoms with van der Waals surface area (Å²) in [6.45, 7) is 6.87. The fourth-order valence-corrected chi connectivity index (χ4v) is 3.61. The van der Waals surface area contributed by atoms with Crippen LogP contribution in [0.2, 0.25) is 0 Å². The van der Waals surface area contributed by atoms with Gasteiger partial charge in [-0.15, -0.1) is 6.58 Å². The summed E-state index contributed by atoms with van der Waals surface area (Å²) in [6, 6.07) is 0.336. The number of amides is 1. The van der Waals surface area contributed by atoms with Crippen molar-refractivity contribution in [3.63, 3.8) is 0 Å². The third kappa shape index (κ3) is 3.09. The molecule has 3 nitrogen and oxygen atoms in total. The highest BCUT2D eigenvalue weighted by Gasteiger charge is 2.41. The number of fused-ring (bicyclic) bond motifs is 2. The Hall–Kier alpha value is -0.830. The van der Waals surface area contributed by atoms with Crippen molar-refractivity contribution in [2.75, 3.05) is 13.1 Å². The third-order valence-corrected chi connectivity index (χ3v) is 4.40. The van der Waals surface area contributed by atoms with Crippen molar-refractivity contribution in [2.45, 2.75) is 38.6 Å². The zero-order valence-electron chi connectivity index (χ0n) is 10.7. The van der Waals surface area contributed by atoms with E-state index in [1.165, 1.54) is 25.7 Å². The molecule has 2 aliphatic carbocycles. The van der Waals surface area contributed by atoms with Gasteiger partial charge in [0, 0.05) is 12.6 Å². The van der Waals surface area contributed by atoms with E-state index in [0.717, 1.165) is 17.8 Å². The second kappa shape index (κ2) is 5.67. The molecule has 0 aromatic heterocycles. The summed E-state index contributed by atoms with van der Waals surface area (Å²) in [6.07, 6.45) is 7.30. The first-order valence-corrected chi connectivity index (χ1v) is 6.81. The maximum atomic E-state index is 11.7. The highest BCUT2D eigenvalue weighted by atomic mass is 16.1. The molecule has 2 bridgehead atoms. The first kappa shape index (κ1) is 12.6. The van der Waals surface area contributed by atoms with Gasteiger partial charge in [0.1, 0.15) is 0 Å². The van der Waals surface area contributed by atoms with Crippen molar-refractivity contribution in [2.24, 2.45) is 17.8 Å². The highest BCUT2D eigenvalue weighted by Crippen LogP contribution is 2.49. The first-order valence-electron chi connectivity index (χ1n) is 6.81. The van der Waals surface area contributed by atoms with Crippen LogP contribution in [0.3, 0.4) is 0 Å². The molecule has 0 radical (unpaired) electrons. The van der Waals surface area contributed by atoms with Crippen LogP contribution in [0.25, 0.3) is 0 Å². The topological polar surface area (TPSA) is 41.1 Å². The number of hydrogen-bond acceptors (Lipinski definition) is 2. The molecular formula is C14H24N2O. The normalized spacial score (nSPS) is 32.4. The van der Waals surface area contributed by atoms with Crippen LogP contribution in [0.5, 0.6) is 0 Å². The SMILES string of the molecule is C=CCNCC(=O)N[C@@H](C)[C@H]1C[C@H]2CC[C@H]1C2. The molecule has 0 unspecified atom stereocenters. The lowest BCUT2D eigenvalue weighted by molar-refractivity contribution is -0.121. The summed E-state index contributed by atoms with van der Waals surface area (Å²) < 4.78 is 0. The Morgan fingerprint density at radius 1 is 1.47 bits per heavy atom. The fourth-order valence-electron chi connectivity index (χ4n) is 3.61. The van der Waals surface area contributed by atoms with Crippen LogP contribution in [0, 0.1) is 17.8 Å². The maximum Gasteiger partial charge on any atom is 0.234 e. The molecule has 0 aromatic carbocycles. The van der Waals surface area contributed by atoms with Gasteiger partial charge in [0.2, 0.25) is 5.91 Å². The van der Waals surface area contributed by atoms with Crippen molar-refractivity contribution in [1.29, 1.82) is 0 Å². The van der Waals surface area contributed by atoms with Gasteiger partial charge in [0.05, 0.1) is 6.54 Å². The van der Waals surface area contributed by atoms with Crippen molar-refractivity contribution in [1.82, 2.24) is 10.6 Å². The predicted octanol–water partition coefficient (Wildman–Crippen LogP) is 1.70. The van der Waals surface area contributed by atoms with Crippen LogP contribution in [0.4, 0.5) is 0 Å². The van der Waals surface area contributed by atoms with Crippen LogP contribution in [0.15, 0.2) is 12.7 Å². The molecular weight excluding hydrogens is 212 g/mol. The molecule has 2 aliphatic rings. The second-order valence-electron chi connectivity index (χ2n) is 5.61. The summed E-state index contributed by atoms with van der Waals surface area (Å²) in [5.41, 5.74) is 0. The zero-order valence-corrected chi connectivity index (χ0v) is 10.7. The van der Waals surface area contributed by atoms with Gasteiger partial charge in [-0.2, -0.15) is 0 Å². The Morgan fingerprint density at radius 2 is 2.29 bits per heavy atom. The monoisotopic (exact) mass is 236 g/mol. The largest absolute Gasteiger partial charge is 0.352 e. The van der Waals surface area contributed by atoms with Crippen LogP contribution in [-0.4, -0.2) is 25.0 Å². The van der Waals surface area contributed by atoms with Gasteiger partial charge in [0.25, 0.3) is 0 Å². The molecule has 0 spiro atoms. The van der Waals surface area contributed by atoms with Gasteiger partial charge in [-0.05, 0) is 43.9 Å². The number of rotatable bonds is 6. The van der Waals surface area contributed by atoms with E-state index in [9.17, 15) is 4.79 Å². The molecule has 4 atom stereocenters. The maximum absolute atomic E-state index is 11.7. The van der Waals surface area contributed by atoms with Gasteiger partial charge >= 0.3 is 0 Å². The molecule has 2 N–H and O–H groups in total. The van der Waals surface area contributed by atoms with Crippen molar-refractivity contribution in [3.8, 4) is 0 Å². The van der Waals surface area contributed by atoms with Gasteiger partial charge < -0.3 is 10.6 Å². The van der Waals surface area contributed by atoms with E-state index in [0.29, 0.717) is 19.1 Å². The summed E-state index contributed by atoms with van der Waals surface area (Å²) in [4.78, 5) is 11.7. The predicted molar refractivity (Wildman–Crippen MR) is 69.6 cm³/mol. The Labute approximate surface area is 104 Å². The Bertz CT molecular complexity index is 290. The van der Waals surface area contributed by atoms with E-state index in [4.69, 9.17) is 0 Å². The molecule has 0 aromatic rings. The Morgan fingerprint density at radius 3 is 2.88 bits per heavy atom. The number of carbonyl (C=O) groups excluding carboxylic acids is 1. The smallest absolute Gasteiger partial charge is 0.234 e. The lowest BCUT2D eigenvalue weighted by Crippen LogP contribution is -2.43. The van der Waals surface area contributed by atoms with Crippen molar-refractivity contribution >= 4 is 5.91 Å². The van der Waals surface area contributed by atoms with Crippen LogP contribution >= 0.6 is 0 Å². The van der Waals surface area contributed by atoms with Crippen molar-refractivity contribution < 1.29 is 4.79 Å². The first-order chi connectivity index (χ1) is 8.20. The molecule has 0 heterocycles. The van der Waals surface area contributed by atoms with Crippen LogP contribution < -0.4 is 10.6 Å². The zero-order chi connectivity index (χ0) is 12.3. The van der Waals surface area contributed by atoms with Gasteiger partial charge in [-0.3, -0.25) is 4.79 Å². The standard InChI is InChI=1S/C14H24N2O/c1-3-6-15-9-14(17)16-10(2)13-8-11-4-5-12(13)7-11/h3,10-13,15H,1,4-9H2,2H3,(H,16,17)/t10-,11-,12-,13+/m0/s1. The number of carbonyl (C=O) groups is 1. The molecule has 3 heteroatoms.